The Balaban J connectivity index is 1.61. The Bertz CT molecular complexity index is 700. The van der Waals surface area contributed by atoms with Gasteiger partial charge in [0.25, 0.3) is 5.91 Å². The van der Waals surface area contributed by atoms with E-state index in [1.165, 1.54) is 6.08 Å². The number of rotatable bonds is 5. The van der Waals surface area contributed by atoms with Crippen LogP contribution in [0.15, 0.2) is 53.2 Å². The molecule has 0 radical (unpaired) electrons. The van der Waals surface area contributed by atoms with Crippen LogP contribution in [0.25, 0.3) is 6.08 Å². The Morgan fingerprint density at radius 3 is 2.77 bits per heavy atom. The van der Waals surface area contributed by atoms with Crippen LogP contribution in [0.2, 0.25) is 0 Å². The molecular formula is C17H16N2O3. The molecule has 2 N–H and O–H groups in total. The second kappa shape index (κ2) is 6.30. The van der Waals surface area contributed by atoms with Crippen LogP contribution in [0.5, 0.6) is 0 Å². The van der Waals surface area contributed by atoms with Crippen LogP contribution in [0.4, 0.5) is 5.69 Å². The van der Waals surface area contributed by atoms with Gasteiger partial charge >= 0.3 is 0 Å². The first-order valence-electron chi connectivity index (χ1n) is 7.14. The molecule has 0 saturated heterocycles. The number of benzene rings is 1. The fourth-order valence-electron chi connectivity index (χ4n) is 1.96. The first-order chi connectivity index (χ1) is 10.7. The molecule has 0 spiro atoms. The maximum absolute atomic E-state index is 12.0. The van der Waals surface area contributed by atoms with E-state index in [1.807, 2.05) is 0 Å². The number of anilines is 1. The molecule has 3 rings (SSSR count). The topological polar surface area (TPSA) is 71.3 Å². The fraction of sp³-hybridized carbons (Fsp3) is 0.176. The number of furan rings is 1. The van der Waals surface area contributed by atoms with Gasteiger partial charge in [-0.25, -0.2) is 0 Å². The predicted octanol–water partition coefficient (Wildman–Crippen LogP) is 2.82. The molecule has 1 aliphatic carbocycles. The summed E-state index contributed by atoms with van der Waals surface area (Å²) in [6.07, 6.45) is 6.59. The van der Waals surface area contributed by atoms with Gasteiger partial charge in [0.15, 0.2) is 0 Å². The number of carbonyl (C=O) groups is 2. The van der Waals surface area contributed by atoms with Gasteiger partial charge in [-0.05, 0) is 49.2 Å². The lowest BCUT2D eigenvalue weighted by Gasteiger charge is -2.06. The zero-order chi connectivity index (χ0) is 15.4. The van der Waals surface area contributed by atoms with Gasteiger partial charge in [-0.15, -0.1) is 0 Å². The van der Waals surface area contributed by atoms with Gasteiger partial charge in [-0.3, -0.25) is 9.59 Å². The van der Waals surface area contributed by atoms with E-state index in [4.69, 9.17) is 4.42 Å². The largest absolute Gasteiger partial charge is 0.465 e. The van der Waals surface area contributed by atoms with Crippen LogP contribution in [-0.4, -0.2) is 17.9 Å². The third-order valence-corrected chi connectivity index (χ3v) is 3.25. The van der Waals surface area contributed by atoms with Crippen molar-refractivity contribution >= 4 is 23.6 Å². The maximum Gasteiger partial charge on any atom is 0.251 e. The lowest BCUT2D eigenvalue weighted by Crippen LogP contribution is -2.25. The quantitative estimate of drug-likeness (QED) is 0.833. The lowest BCUT2D eigenvalue weighted by atomic mass is 10.2. The number of hydrogen-bond donors (Lipinski definition) is 2. The summed E-state index contributed by atoms with van der Waals surface area (Å²) in [6, 6.07) is 10.7. The normalized spacial score (nSPS) is 14.0. The number of amides is 2. The summed E-state index contributed by atoms with van der Waals surface area (Å²) in [5, 5.41) is 5.64. The lowest BCUT2D eigenvalue weighted by molar-refractivity contribution is -0.111. The summed E-state index contributed by atoms with van der Waals surface area (Å²) in [5.74, 6) is 0.216. The molecule has 1 saturated carbocycles. The van der Waals surface area contributed by atoms with Crippen molar-refractivity contribution in [2.45, 2.75) is 18.9 Å². The number of hydrogen-bond acceptors (Lipinski definition) is 3. The average molecular weight is 296 g/mol. The van der Waals surface area contributed by atoms with E-state index in [9.17, 15) is 9.59 Å². The predicted molar refractivity (Wildman–Crippen MR) is 83.3 cm³/mol. The van der Waals surface area contributed by atoms with Crippen molar-refractivity contribution in [3.63, 3.8) is 0 Å². The molecule has 1 aliphatic rings. The van der Waals surface area contributed by atoms with Crippen LogP contribution in [0.1, 0.15) is 29.0 Å². The van der Waals surface area contributed by atoms with Crippen molar-refractivity contribution in [1.82, 2.24) is 5.32 Å². The van der Waals surface area contributed by atoms with Crippen LogP contribution < -0.4 is 10.6 Å². The molecule has 0 atom stereocenters. The molecule has 5 heteroatoms. The van der Waals surface area contributed by atoms with Gasteiger partial charge in [0.2, 0.25) is 5.91 Å². The van der Waals surface area contributed by atoms with Crippen molar-refractivity contribution in [3.8, 4) is 0 Å². The van der Waals surface area contributed by atoms with Crippen LogP contribution >= 0.6 is 0 Å². The van der Waals surface area contributed by atoms with E-state index in [-0.39, 0.29) is 11.8 Å². The summed E-state index contributed by atoms with van der Waals surface area (Å²) in [4.78, 5) is 23.8. The van der Waals surface area contributed by atoms with Crippen molar-refractivity contribution in [2.24, 2.45) is 0 Å². The minimum Gasteiger partial charge on any atom is -0.465 e. The zero-order valence-corrected chi connectivity index (χ0v) is 11.9. The van der Waals surface area contributed by atoms with E-state index in [1.54, 1.807) is 48.7 Å². The van der Waals surface area contributed by atoms with Crippen molar-refractivity contribution in [3.05, 3.63) is 60.1 Å². The minimum absolute atomic E-state index is 0.107. The molecule has 5 nitrogen and oxygen atoms in total. The molecular weight excluding hydrogens is 280 g/mol. The number of nitrogens with one attached hydrogen (secondary N) is 2. The van der Waals surface area contributed by atoms with Gasteiger partial charge in [0.05, 0.1) is 6.26 Å². The summed E-state index contributed by atoms with van der Waals surface area (Å²) in [5.41, 5.74) is 1.12. The van der Waals surface area contributed by atoms with Crippen LogP contribution in [0, 0.1) is 0 Å². The summed E-state index contributed by atoms with van der Waals surface area (Å²) >= 11 is 0. The molecule has 2 amide bonds. The molecule has 22 heavy (non-hydrogen) atoms. The van der Waals surface area contributed by atoms with E-state index in [2.05, 4.69) is 10.6 Å². The fourth-order valence-corrected chi connectivity index (χ4v) is 1.96. The molecule has 1 aromatic heterocycles. The molecule has 112 valence electrons. The number of carbonyl (C=O) groups excluding carboxylic acids is 2. The van der Waals surface area contributed by atoms with E-state index < -0.39 is 0 Å². The molecule has 0 aliphatic heterocycles. The van der Waals surface area contributed by atoms with Gasteiger partial charge < -0.3 is 15.1 Å². The molecule has 2 aromatic rings. The second-order valence-corrected chi connectivity index (χ2v) is 5.17. The second-order valence-electron chi connectivity index (χ2n) is 5.17. The Morgan fingerprint density at radius 2 is 2.05 bits per heavy atom. The van der Waals surface area contributed by atoms with Crippen molar-refractivity contribution < 1.29 is 14.0 Å². The minimum atomic E-state index is -0.281. The first-order valence-corrected chi connectivity index (χ1v) is 7.14. The maximum atomic E-state index is 12.0. The van der Waals surface area contributed by atoms with Crippen LogP contribution in [-0.2, 0) is 4.79 Å². The standard InChI is InChI=1S/C17H16N2O3/c20-16(9-8-15-5-2-10-22-15)18-14-4-1-3-12(11-14)17(21)19-13-6-7-13/h1-5,8-11,13H,6-7H2,(H,18,20)(H,19,21). The third-order valence-electron chi connectivity index (χ3n) is 3.25. The van der Waals surface area contributed by atoms with Gasteiger partial charge in [0, 0.05) is 23.4 Å². The summed E-state index contributed by atoms with van der Waals surface area (Å²) < 4.78 is 5.11. The SMILES string of the molecule is O=C(C=Cc1ccco1)Nc1cccc(C(=O)NC2CC2)c1. The van der Waals surface area contributed by atoms with Crippen molar-refractivity contribution in [2.75, 3.05) is 5.32 Å². The molecule has 0 bridgehead atoms. The van der Waals surface area contributed by atoms with E-state index in [0.29, 0.717) is 23.1 Å². The highest BCUT2D eigenvalue weighted by atomic mass is 16.3. The third kappa shape index (κ3) is 3.85. The van der Waals surface area contributed by atoms with E-state index >= 15 is 0 Å². The molecule has 1 aromatic carbocycles. The van der Waals surface area contributed by atoms with Gasteiger partial charge in [-0.1, -0.05) is 6.07 Å². The average Bonchev–Trinajstić information content (AvgIpc) is 3.17. The van der Waals surface area contributed by atoms with E-state index in [0.717, 1.165) is 12.8 Å². The highest BCUT2D eigenvalue weighted by Gasteiger charge is 2.23. The van der Waals surface area contributed by atoms with Crippen molar-refractivity contribution in [1.29, 1.82) is 0 Å². The molecule has 1 heterocycles. The highest BCUT2D eigenvalue weighted by Crippen LogP contribution is 2.20. The van der Waals surface area contributed by atoms with Gasteiger partial charge in [0.1, 0.15) is 5.76 Å². The molecule has 1 fully saturated rings. The Kier molecular flexibility index (Phi) is 4.05. The Labute approximate surface area is 128 Å². The first kappa shape index (κ1) is 14.1. The Hall–Kier alpha value is -2.82. The zero-order valence-electron chi connectivity index (χ0n) is 11.9. The van der Waals surface area contributed by atoms with Crippen LogP contribution in [0.3, 0.4) is 0 Å². The molecule has 0 unspecified atom stereocenters. The Morgan fingerprint density at radius 1 is 1.18 bits per heavy atom. The monoisotopic (exact) mass is 296 g/mol. The van der Waals surface area contributed by atoms with Gasteiger partial charge in [-0.2, -0.15) is 0 Å². The summed E-state index contributed by atoms with van der Waals surface area (Å²) in [7, 11) is 0. The summed E-state index contributed by atoms with van der Waals surface area (Å²) in [6.45, 7) is 0. The highest BCUT2D eigenvalue weighted by molar-refractivity contribution is 6.03. The smallest absolute Gasteiger partial charge is 0.251 e.